The third kappa shape index (κ3) is 7.16. The third-order valence-electron chi connectivity index (χ3n) is 4.85. The first-order valence-corrected chi connectivity index (χ1v) is 10.6. The molecule has 0 radical (unpaired) electrons. The van der Waals surface area contributed by atoms with E-state index in [9.17, 15) is 0 Å². The van der Waals surface area contributed by atoms with Crippen LogP contribution in [0.1, 0.15) is 11.1 Å². The van der Waals surface area contributed by atoms with Crippen molar-refractivity contribution < 1.29 is 28.4 Å². The van der Waals surface area contributed by atoms with Crippen LogP contribution in [-0.4, -0.2) is 72.7 Å². The Kier molecular flexibility index (Phi) is 10.3. The van der Waals surface area contributed by atoms with Crippen molar-refractivity contribution in [2.24, 2.45) is 0 Å². The fourth-order valence-corrected chi connectivity index (χ4v) is 3.33. The Bertz CT molecular complexity index is 619. The van der Waals surface area contributed by atoms with Gasteiger partial charge >= 0.3 is 0 Å². The van der Waals surface area contributed by atoms with Crippen molar-refractivity contribution in [3.63, 3.8) is 0 Å². The molecule has 1 fully saturated rings. The number of benzene rings is 2. The van der Waals surface area contributed by atoms with Crippen LogP contribution < -0.4 is 0 Å². The molecule has 30 heavy (non-hydrogen) atoms. The average Bonchev–Trinajstić information content (AvgIpc) is 2.80. The molecule has 1 saturated heterocycles. The second-order valence-corrected chi connectivity index (χ2v) is 6.91. The lowest BCUT2D eigenvalue weighted by molar-refractivity contribution is -0.102. The van der Waals surface area contributed by atoms with Gasteiger partial charge in [0.05, 0.1) is 72.7 Å². The molecule has 2 aromatic rings. The monoisotopic (exact) mass is 416 g/mol. The smallest absolute Gasteiger partial charge is 0.141 e. The second-order valence-electron chi connectivity index (χ2n) is 6.91. The highest BCUT2D eigenvalue weighted by molar-refractivity contribution is 5.36. The van der Waals surface area contributed by atoms with Crippen molar-refractivity contribution in [1.82, 2.24) is 0 Å². The lowest BCUT2D eigenvalue weighted by Gasteiger charge is -2.35. The predicted molar refractivity (Wildman–Crippen MR) is 114 cm³/mol. The molecule has 6 heteroatoms. The molecular formula is C24H32O6. The minimum Gasteiger partial charge on any atom is -0.377 e. The van der Waals surface area contributed by atoms with Gasteiger partial charge in [-0.25, -0.2) is 0 Å². The van der Waals surface area contributed by atoms with Crippen molar-refractivity contribution in [3.05, 3.63) is 71.8 Å². The van der Waals surface area contributed by atoms with E-state index in [-0.39, 0.29) is 0 Å². The van der Waals surface area contributed by atoms with Gasteiger partial charge in [0.25, 0.3) is 0 Å². The normalized spacial score (nSPS) is 20.7. The highest BCUT2D eigenvalue weighted by Gasteiger charge is 2.35. The molecule has 1 aliphatic heterocycles. The van der Waals surface area contributed by atoms with Crippen molar-refractivity contribution in [3.8, 4) is 0 Å². The van der Waals surface area contributed by atoms with E-state index in [0.717, 1.165) is 11.1 Å². The Morgan fingerprint density at radius 1 is 0.433 bits per heavy atom. The molecule has 164 valence electrons. The molecule has 1 heterocycles. The van der Waals surface area contributed by atoms with Crippen LogP contribution in [0.4, 0.5) is 0 Å². The van der Waals surface area contributed by atoms with Gasteiger partial charge < -0.3 is 28.4 Å². The molecule has 1 aliphatic rings. The van der Waals surface area contributed by atoms with Gasteiger partial charge in [-0.1, -0.05) is 60.7 Å². The third-order valence-corrected chi connectivity index (χ3v) is 4.85. The molecule has 0 aliphatic carbocycles. The number of hydrogen-bond donors (Lipinski definition) is 0. The van der Waals surface area contributed by atoms with Crippen LogP contribution in [0.3, 0.4) is 0 Å². The zero-order chi connectivity index (χ0) is 20.7. The molecule has 0 N–H and O–H groups in total. The summed E-state index contributed by atoms with van der Waals surface area (Å²) in [5.74, 6) is 0. The van der Waals surface area contributed by atoms with Gasteiger partial charge in [0, 0.05) is 0 Å². The summed E-state index contributed by atoms with van der Waals surface area (Å²) in [4.78, 5) is 0. The Balaban J connectivity index is 1.74. The fraction of sp³-hybridized carbons (Fsp3) is 0.500. The summed E-state index contributed by atoms with van der Waals surface area (Å²) in [6.07, 6.45) is 0. The Morgan fingerprint density at radius 3 is 1.23 bits per heavy atom. The van der Waals surface area contributed by atoms with Crippen LogP contribution in [0.25, 0.3) is 0 Å². The maximum Gasteiger partial charge on any atom is 0.141 e. The van der Waals surface area contributed by atoms with Crippen molar-refractivity contribution in [1.29, 1.82) is 0 Å². The maximum atomic E-state index is 6.50. The molecule has 0 atom stereocenters. The summed E-state index contributed by atoms with van der Waals surface area (Å²) in [6, 6.07) is 20.4. The standard InChI is InChI=1S/C24H32O6/c1-3-7-22(8-4-1)24(23-9-5-2-6-10-23)21-29-18-17-27-14-13-25-11-12-26-15-16-28-19-20-30-24/h1-10H,11-21H2. The van der Waals surface area contributed by atoms with Crippen LogP contribution in [-0.2, 0) is 34.0 Å². The van der Waals surface area contributed by atoms with E-state index in [2.05, 4.69) is 24.3 Å². The summed E-state index contributed by atoms with van der Waals surface area (Å²) in [5, 5.41) is 0. The first kappa shape index (κ1) is 22.9. The average molecular weight is 417 g/mol. The second kappa shape index (κ2) is 13.5. The predicted octanol–water partition coefficient (Wildman–Crippen LogP) is 3.04. The van der Waals surface area contributed by atoms with Crippen LogP contribution in [0.2, 0.25) is 0 Å². The molecule has 3 rings (SSSR count). The van der Waals surface area contributed by atoms with Gasteiger partial charge in [-0.3, -0.25) is 0 Å². The van der Waals surface area contributed by atoms with E-state index in [4.69, 9.17) is 28.4 Å². The Hall–Kier alpha value is -1.80. The van der Waals surface area contributed by atoms with Gasteiger partial charge in [0.1, 0.15) is 5.60 Å². The van der Waals surface area contributed by atoms with Crippen LogP contribution in [0.5, 0.6) is 0 Å². The summed E-state index contributed by atoms with van der Waals surface area (Å²) >= 11 is 0. The van der Waals surface area contributed by atoms with E-state index in [1.165, 1.54) is 0 Å². The van der Waals surface area contributed by atoms with E-state index in [1.807, 2.05) is 36.4 Å². The van der Waals surface area contributed by atoms with Crippen LogP contribution in [0, 0.1) is 0 Å². The Morgan fingerprint density at radius 2 is 0.800 bits per heavy atom. The molecule has 0 amide bonds. The van der Waals surface area contributed by atoms with Crippen LogP contribution in [0.15, 0.2) is 60.7 Å². The number of rotatable bonds is 2. The molecular weight excluding hydrogens is 384 g/mol. The topological polar surface area (TPSA) is 55.4 Å². The highest BCUT2D eigenvalue weighted by atomic mass is 16.6. The van der Waals surface area contributed by atoms with Gasteiger partial charge in [0.15, 0.2) is 0 Å². The van der Waals surface area contributed by atoms with E-state index >= 15 is 0 Å². The summed E-state index contributed by atoms with van der Waals surface area (Å²) < 4.78 is 34.8. The first-order valence-electron chi connectivity index (χ1n) is 10.6. The van der Waals surface area contributed by atoms with Gasteiger partial charge in [0.2, 0.25) is 0 Å². The Labute approximate surface area is 179 Å². The van der Waals surface area contributed by atoms with E-state index in [1.54, 1.807) is 0 Å². The summed E-state index contributed by atoms with van der Waals surface area (Å²) in [7, 11) is 0. The highest BCUT2D eigenvalue weighted by Crippen LogP contribution is 2.34. The zero-order valence-electron chi connectivity index (χ0n) is 17.5. The van der Waals surface area contributed by atoms with Gasteiger partial charge in [-0.15, -0.1) is 0 Å². The van der Waals surface area contributed by atoms with Crippen molar-refractivity contribution in [2.45, 2.75) is 5.60 Å². The largest absolute Gasteiger partial charge is 0.377 e. The van der Waals surface area contributed by atoms with Gasteiger partial charge in [-0.2, -0.15) is 0 Å². The number of ether oxygens (including phenoxy) is 6. The minimum absolute atomic E-state index is 0.379. The molecule has 0 spiro atoms. The van der Waals surface area contributed by atoms with Crippen molar-refractivity contribution >= 4 is 0 Å². The first-order chi connectivity index (χ1) is 14.9. The van der Waals surface area contributed by atoms with Crippen LogP contribution >= 0.6 is 0 Å². The molecule has 0 bridgehead atoms. The molecule has 0 unspecified atom stereocenters. The summed E-state index contributed by atoms with van der Waals surface area (Å²) in [6.45, 7) is 5.51. The minimum atomic E-state index is -0.725. The van der Waals surface area contributed by atoms with Crippen molar-refractivity contribution in [2.75, 3.05) is 72.7 Å². The van der Waals surface area contributed by atoms with E-state index in [0.29, 0.717) is 72.7 Å². The lowest BCUT2D eigenvalue weighted by Crippen LogP contribution is -2.38. The van der Waals surface area contributed by atoms with Gasteiger partial charge in [-0.05, 0) is 11.1 Å². The molecule has 0 aromatic heterocycles. The molecule has 0 saturated carbocycles. The fourth-order valence-electron chi connectivity index (χ4n) is 3.33. The molecule has 6 nitrogen and oxygen atoms in total. The maximum absolute atomic E-state index is 6.50. The number of hydrogen-bond acceptors (Lipinski definition) is 6. The summed E-state index contributed by atoms with van der Waals surface area (Å²) in [5.41, 5.74) is 1.36. The lowest BCUT2D eigenvalue weighted by atomic mass is 9.86. The molecule has 2 aromatic carbocycles. The quantitative estimate of drug-likeness (QED) is 0.750. The SMILES string of the molecule is c1ccc(C2(c3ccccc3)COCCOCCOCCOCCOCCO2)cc1. The zero-order valence-corrected chi connectivity index (χ0v) is 17.5. The van der Waals surface area contributed by atoms with E-state index < -0.39 is 5.60 Å².